The fourth-order valence-electron chi connectivity index (χ4n) is 3.31. The predicted octanol–water partition coefficient (Wildman–Crippen LogP) is 4.44. The van der Waals surface area contributed by atoms with Crippen LogP contribution in [-0.4, -0.2) is 38.0 Å². The topological polar surface area (TPSA) is 86.0 Å². The Morgan fingerprint density at radius 2 is 1.97 bits per heavy atom. The van der Waals surface area contributed by atoms with Crippen molar-refractivity contribution in [2.45, 2.75) is 69.3 Å². The molecule has 156 valence electrons. The van der Waals surface area contributed by atoms with Gasteiger partial charge in [-0.25, -0.2) is 0 Å². The number of aromatic nitrogens is 5. The summed E-state index contributed by atoms with van der Waals surface area (Å²) >= 11 is 1.58. The number of rotatable bonds is 6. The minimum absolute atomic E-state index is 0.0349. The van der Waals surface area contributed by atoms with Gasteiger partial charge >= 0.3 is 0 Å². The Morgan fingerprint density at radius 1 is 1.17 bits per heavy atom. The minimum Gasteiger partial charge on any atom is -0.467 e. The van der Waals surface area contributed by atoms with Crippen molar-refractivity contribution in [3.63, 3.8) is 0 Å². The van der Waals surface area contributed by atoms with Crippen molar-refractivity contribution in [1.82, 2.24) is 24.9 Å². The second-order valence-electron chi connectivity index (χ2n) is 8.46. The third-order valence-electron chi connectivity index (χ3n) is 4.97. The zero-order valence-corrected chi connectivity index (χ0v) is 18.3. The van der Waals surface area contributed by atoms with E-state index in [1.165, 1.54) is 19.3 Å². The van der Waals surface area contributed by atoms with Gasteiger partial charge in [-0.05, 0) is 38.3 Å². The molecule has 0 amide bonds. The Hall–Kier alpha value is -2.29. The first-order valence-electron chi connectivity index (χ1n) is 10.1. The van der Waals surface area contributed by atoms with Gasteiger partial charge in [0.25, 0.3) is 0 Å². The van der Waals surface area contributed by atoms with E-state index in [4.69, 9.17) is 8.94 Å². The van der Waals surface area contributed by atoms with E-state index < -0.39 is 0 Å². The highest BCUT2D eigenvalue weighted by Gasteiger charge is 2.26. The van der Waals surface area contributed by atoms with Gasteiger partial charge in [0.2, 0.25) is 11.8 Å². The molecule has 0 saturated carbocycles. The molecule has 0 N–H and O–H groups in total. The number of hydrogen-bond donors (Lipinski definition) is 0. The molecule has 1 fully saturated rings. The van der Waals surface area contributed by atoms with E-state index in [1.54, 1.807) is 18.0 Å². The van der Waals surface area contributed by atoms with Crippen molar-refractivity contribution >= 4 is 17.7 Å². The van der Waals surface area contributed by atoms with E-state index in [-0.39, 0.29) is 10.7 Å². The van der Waals surface area contributed by atoms with Crippen molar-refractivity contribution < 1.29 is 8.94 Å². The maximum atomic E-state index is 5.59. The lowest BCUT2D eigenvalue weighted by atomic mass is 9.96. The van der Waals surface area contributed by atoms with E-state index in [0.717, 1.165) is 30.0 Å². The Balaban J connectivity index is 1.58. The van der Waals surface area contributed by atoms with Crippen LogP contribution in [0.5, 0.6) is 0 Å². The maximum Gasteiger partial charge on any atom is 0.239 e. The van der Waals surface area contributed by atoms with Crippen LogP contribution in [0.2, 0.25) is 0 Å². The highest BCUT2D eigenvalue weighted by Crippen LogP contribution is 2.36. The van der Waals surface area contributed by atoms with E-state index >= 15 is 0 Å². The van der Waals surface area contributed by atoms with Crippen molar-refractivity contribution in [3.8, 4) is 0 Å². The van der Waals surface area contributed by atoms with Crippen LogP contribution >= 0.6 is 11.8 Å². The molecule has 0 bridgehead atoms. The summed E-state index contributed by atoms with van der Waals surface area (Å²) in [4.78, 5) is 6.91. The van der Waals surface area contributed by atoms with Gasteiger partial charge in [-0.1, -0.05) is 37.7 Å². The van der Waals surface area contributed by atoms with Crippen LogP contribution in [0.25, 0.3) is 0 Å². The zero-order valence-electron chi connectivity index (χ0n) is 17.5. The fraction of sp³-hybridized carbons (Fsp3) is 0.600. The molecule has 0 spiro atoms. The normalized spacial score (nSPS) is 16.3. The highest BCUT2D eigenvalue weighted by atomic mass is 32.2. The van der Waals surface area contributed by atoms with E-state index in [9.17, 15) is 0 Å². The standard InChI is InChI=1S/C20H28N6O2S/c1-14(16-21-17(24-28-16)20(2,3)4)29-19-23-22-18(25-10-6-5-7-11-25)26(19)13-15-9-8-12-27-15/h8-9,12,14H,5-7,10-11,13H2,1-4H3. The fourth-order valence-corrected chi connectivity index (χ4v) is 4.18. The second kappa shape index (κ2) is 8.22. The molecule has 0 aromatic carbocycles. The first-order chi connectivity index (χ1) is 13.9. The van der Waals surface area contributed by atoms with Crippen LogP contribution in [0.3, 0.4) is 0 Å². The molecule has 29 heavy (non-hydrogen) atoms. The predicted molar refractivity (Wildman–Crippen MR) is 111 cm³/mol. The number of piperidine rings is 1. The molecule has 1 atom stereocenters. The molecular weight excluding hydrogens is 388 g/mol. The average Bonchev–Trinajstić information content (AvgIpc) is 3.44. The molecule has 1 saturated heterocycles. The Kier molecular flexibility index (Phi) is 5.67. The lowest BCUT2D eigenvalue weighted by molar-refractivity contribution is 0.364. The number of anilines is 1. The molecule has 1 unspecified atom stereocenters. The Morgan fingerprint density at radius 3 is 2.62 bits per heavy atom. The molecule has 0 aliphatic carbocycles. The Labute approximate surface area is 175 Å². The van der Waals surface area contributed by atoms with Gasteiger partial charge < -0.3 is 13.8 Å². The van der Waals surface area contributed by atoms with Crippen molar-refractivity contribution in [2.75, 3.05) is 18.0 Å². The molecule has 3 aromatic heterocycles. The summed E-state index contributed by atoms with van der Waals surface area (Å²) in [5, 5.41) is 14.0. The van der Waals surface area contributed by atoms with Gasteiger partial charge in [0.1, 0.15) is 5.76 Å². The molecule has 3 aromatic rings. The quantitative estimate of drug-likeness (QED) is 0.545. The summed E-state index contributed by atoms with van der Waals surface area (Å²) < 4.78 is 13.2. The minimum atomic E-state index is -0.146. The molecule has 1 aliphatic rings. The van der Waals surface area contributed by atoms with Gasteiger partial charge in [-0.2, -0.15) is 4.98 Å². The Bertz CT molecular complexity index is 921. The lowest BCUT2D eigenvalue weighted by Crippen LogP contribution is -2.32. The number of thioether (sulfide) groups is 1. The molecular formula is C20H28N6O2S. The third kappa shape index (κ3) is 4.49. The second-order valence-corrected chi connectivity index (χ2v) is 9.77. The smallest absolute Gasteiger partial charge is 0.239 e. The summed E-state index contributed by atoms with van der Waals surface area (Å²) in [6.45, 7) is 10.9. The summed E-state index contributed by atoms with van der Waals surface area (Å²) in [5.74, 6) is 3.10. The van der Waals surface area contributed by atoms with Crippen molar-refractivity contribution in [1.29, 1.82) is 0 Å². The molecule has 8 nitrogen and oxygen atoms in total. The van der Waals surface area contributed by atoms with Gasteiger partial charge in [0.05, 0.1) is 18.1 Å². The number of furan rings is 1. The van der Waals surface area contributed by atoms with Gasteiger partial charge in [0, 0.05) is 18.5 Å². The largest absolute Gasteiger partial charge is 0.467 e. The molecule has 4 heterocycles. The van der Waals surface area contributed by atoms with Crippen LogP contribution in [-0.2, 0) is 12.0 Å². The van der Waals surface area contributed by atoms with Gasteiger partial charge in [-0.15, -0.1) is 10.2 Å². The van der Waals surface area contributed by atoms with Crippen LogP contribution < -0.4 is 4.90 Å². The van der Waals surface area contributed by atoms with Crippen LogP contribution in [0.15, 0.2) is 32.5 Å². The highest BCUT2D eigenvalue weighted by molar-refractivity contribution is 7.99. The number of nitrogens with zero attached hydrogens (tertiary/aromatic N) is 6. The number of hydrogen-bond acceptors (Lipinski definition) is 8. The van der Waals surface area contributed by atoms with Gasteiger partial charge in [0.15, 0.2) is 11.0 Å². The van der Waals surface area contributed by atoms with Gasteiger partial charge in [-0.3, -0.25) is 4.57 Å². The maximum absolute atomic E-state index is 5.59. The summed E-state index contributed by atoms with van der Waals surface area (Å²) in [6.07, 6.45) is 5.34. The van der Waals surface area contributed by atoms with Crippen LogP contribution in [0.4, 0.5) is 5.95 Å². The monoisotopic (exact) mass is 416 g/mol. The SMILES string of the molecule is CC(Sc1nnc(N2CCCCC2)n1Cc1ccco1)c1nc(C(C)(C)C)no1. The lowest BCUT2D eigenvalue weighted by Gasteiger charge is -2.27. The van der Waals surface area contributed by atoms with Crippen LogP contribution in [0.1, 0.15) is 69.7 Å². The van der Waals surface area contributed by atoms with Crippen molar-refractivity contribution in [2.24, 2.45) is 0 Å². The summed E-state index contributed by atoms with van der Waals surface area (Å²) in [6, 6.07) is 3.88. The summed E-state index contributed by atoms with van der Waals surface area (Å²) in [7, 11) is 0. The van der Waals surface area contributed by atoms with Crippen LogP contribution in [0, 0.1) is 0 Å². The zero-order chi connectivity index (χ0) is 20.4. The average molecular weight is 417 g/mol. The van der Waals surface area contributed by atoms with E-state index in [2.05, 4.69) is 57.5 Å². The molecule has 4 rings (SSSR count). The first-order valence-corrected chi connectivity index (χ1v) is 11.0. The summed E-state index contributed by atoms with van der Waals surface area (Å²) in [5.41, 5.74) is -0.146. The molecule has 1 aliphatic heterocycles. The molecule has 0 radical (unpaired) electrons. The van der Waals surface area contributed by atoms with E-state index in [0.29, 0.717) is 18.3 Å². The first kappa shape index (κ1) is 20.0. The van der Waals surface area contributed by atoms with Crippen molar-refractivity contribution in [3.05, 3.63) is 35.9 Å². The third-order valence-corrected chi connectivity index (χ3v) is 6.04. The molecule has 9 heteroatoms. The van der Waals surface area contributed by atoms with E-state index in [1.807, 2.05) is 12.1 Å².